The van der Waals surface area contributed by atoms with Crippen LogP contribution in [0.1, 0.15) is 50.6 Å². The first kappa shape index (κ1) is 13.1. The molecule has 2 atom stereocenters. The summed E-state index contributed by atoms with van der Waals surface area (Å²) in [7, 11) is 0. The monoisotopic (exact) mass is 250 g/mol. The van der Waals surface area contributed by atoms with Crippen molar-refractivity contribution in [2.45, 2.75) is 51.1 Å². The first-order chi connectivity index (χ1) is 8.77. The zero-order valence-corrected chi connectivity index (χ0v) is 10.9. The van der Waals surface area contributed by atoms with E-state index in [0.717, 1.165) is 24.9 Å². The number of nitrogens with zero attached hydrogens (tertiary/aromatic N) is 1. The molecule has 1 aliphatic rings. The van der Waals surface area contributed by atoms with Gasteiger partial charge in [-0.2, -0.15) is 5.10 Å². The fourth-order valence-corrected chi connectivity index (χ4v) is 2.32. The molecule has 0 radical (unpaired) electrons. The highest BCUT2D eigenvalue weighted by Gasteiger charge is 2.20. The van der Waals surface area contributed by atoms with Crippen LogP contribution in [0.5, 0.6) is 0 Å². The summed E-state index contributed by atoms with van der Waals surface area (Å²) in [5, 5.41) is 13.0. The van der Waals surface area contributed by atoms with E-state index in [1.807, 2.05) is 13.1 Å². The maximum Gasteiger partial charge on any atom is 0.237 e. The summed E-state index contributed by atoms with van der Waals surface area (Å²) in [5.74, 6) is 0.102. The Balaban J connectivity index is 1.86. The lowest BCUT2D eigenvalue weighted by molar-refractivity contribution is -0.124. The van der Waals surface area contributed by atoms with Crippen LogP contribution in [0.25, 0.3) is 0 Å². The van der Waals surface area contributed by atoms with Crippen LogP contribution in [0.3, 0.4) is 0 Å². The number of nitrogens with one attached hydrogen (secondary N) is 3. The Labute approximate surface area is 108 Å². The van der Waals surface area contributed by atoms with Crippen molar-refractivity contribution < 1.29 is 4.79 Å². The molecule has 0 saturated carbocycles. The average molecular weight is 250 g/mol. The van der Waals surface area contributed by atoms with Crippen LogP contribution in [0.4, 0.5) is 0 Å². The third-order valence-corrected chi connectivity index (χ3v) is 3.50. The molecule has 1 aromatic rings. The van der Waals surface area contributed by atoms with Gasteiger partial charge < -0.3 is 10.6 Å². The highest BCUT2D eigenvalue weighted by molar-refractivity contribution is 5.82. The predicted molar refractivity (Wildman–Crippen MR) is 70.0 cm³/mol. The molecule has 2 unspecified atom stereocenters. The summed E-state index contributed by atoms with van der Waals surface area (Å²) in [6.45, 7) is 2.92. The second kappa shape index (κ2) is 6.54. The maximum atomic E-state index is 12.2. The van der Waals surface area contributed by atoms with Crippen molar-refractivity contribution in [1.82, 2.24) is 20.8 Å². The van der Waals surface area contributed by atoms with Gasteiger partial charge in [-0.25, -0.2) is 0 Å². The summed E-state index contributed by atoms with van der Waals surface area (Å²) < 4.78 is 0. The van der Waals surface area contributed by atoms with E-state index in [4.69, 9.17) is 0 Å². The molecule has 5 heteroatoms. The van der Waals surface area contributed by atoms with Crippen molar-refractivity contribution in [3.05, 3.63) is 18.0 Å². The van der Waals surface area contributed by atoms with Gasteiger partial charge in [0.25, 0.3) is 0 Å². The second-order valence-corrected chi connectivity index (χ2v) is 4.97. The minimum Gasteiger partial charge on any atom is -0.348 e. The van der Waals surface area contributed by atoms with Gasteiger partial charge in [0.15, 0.2) is 0 Å². The van der Waals surface area contributed by atoms with Gasteiger partial charge in [-0.15, -0.1) is 0 Å². The minimum atomic E-state index is -0.0420. The first-order valence-electron chi connectivity index (χ1n) is 6.80. The zero-order valence-electron chi connectivity index (χ0n) is 10.9. The number of hydrogen-bond donors (Lipinski definition) is 3. The average Bonchev–Trinajstić information content (AvgIpc) is 2.81. The molecule has 100 valence electrons. The van der Waals surface area contributed by atoms with Crippen molar-refractivity contribution in [3.8, 4) is 0 Å². The minimum absolute atomic E-state index is 0.00323. The molecule has 18 heavy (non-hydrogen) atoms. The van der Waals surface area contributed by atoms with Crippen LogP contribution in [-0.2, 0) is 4.79 Å². The number of aromatic amines is 1. The highest BCUT2D eigenvalue weighted by Crippen LogP contribution is 2.12. The molecular weight excluding hydrogens is 228 g/mol. The number of H-pyrrole nitrogens is 1. The van der Waals surface area contributed by atoms with Gasteiger partial charge in [0.2, 0.25) is 5.91 Å². The quantitative estimate of drug-likeness (QED) is 0.761. The normalized spacial score (nSPS) is 22.8. The molecular formula is C13H22N4O. The van der Waals surface area contributed by atoms with E-state index in [2.05, 4.69) is 20.8 Å². The fourth-order valence-electron chi connectivity index (χ4n) is 2.32. The van der Waals surface area contributed by atoms with E-state index in [9.17, 15) is 4.79 Å². The third-order valence-electron chi connectivity index (χ3n) is 3.50. The van der Waals surface area contributed by atoms with Crippen molar-refractivity contribution >= 4 is 5.91 Å². The van der Waals surface area contributed by atoms with E-state index in [-0.39, 0.29) is 18.0 Å². The molecule has 1 saturated heterocycles. The van der Waals surface area contributed by atoms with Crippen LogP contribution in [0.15, 0.2) is 12.4 Å². The van der Waals surface area contributed by atoms with Crippen molar-refractivity contribution in [3.63, 3.8) is 0 Å². The Hall–Kier alpha value is -1.36. The van der Waals surface area contributed by atoms with E-state index < -0.39 is 0 Å². The van der Waals surface area contributed by atoms with Crippen molar-refractivity contribution in [2.75, 3.05) is 6.54 Å². The lowest BCUT2D eigenvalue weighted by Crippen LogP contribution is -2.45. The molecule has 0 aromatic carbocycles. The summed E-state index contributed by atoms with van der Waals surface area (Å²) in [6.07, 6.45) is 9.30. The van der Waals surface area contributed by atoms with Crippen molar-refractivity contribution in [1.29, 1.82) is 0 Å². The summed E-state index contributed by atoms with van der Waals surface area (Å²) >= 11 is 0. The van der Waals surface area contributed by atoms with Crippen LogP contribution in [0, 0.1) is 0 Å². The second-order valence-electron chi connectivity index (χ2n) is 4.97. The standard InChI is InChI=1S/C13H22N4O/c1-10(11-8-15-16-9-11)17-13(18)12-6-4-2-3-5-7-14-12/h8-10,12,14H,2-7H2,1H3,(H,15,16)(H,17,18). The lowest BCUT2D eigenvalue weighted by Gasteiger charge is -2.22. The Morgan fingerprint density at radius 1 is 1.44 bits per heavy atom. The van der Waals surface area contributed by atoms with E-state index in [0.29, 0.717) is 0 Å². The first-order valence-corrected chi connectivity index (χ1v) is 6.80. The van der Waals surface area contributed by atoms with E-state index in [1.165, 1.54) is 19.3 Å². The Kier molecular flexibility index (Phi) is 4.75. The Morgan fingerprint density at radius 2 is 2.28 bits per heavy atom. The summed E-state index contributed by atoms with van der Waals surface area (Å²) in [5.41, 5.74) is 1.01. The summed E-state index contributed by atoms with van der Waals surface area (Å²) in [4.78, 5) is 12.2. The maximum absolute atomic E-state index is 12.2. The largest absolute Gasteiger partial charge is 0.348 e. The van der Waals surface area contributed by atoms with Gasteiger partial charge in [-0.05, 0) is 26.3 Å². The molecule has 5 nitrogen and oxygen atoms in total. The number of carbonyl (C=O) groups is 1. The molecule has 0 aliphatic carbocycles. The van der Waals surface area contributed by atoms with E-state index in [1.54, 1.807) is 6.20 Å². The van der Waals surface area contributed by atoms with Gasteiger partial charge in [0.05, 0.1) is 18.3 Å². The molecule has 1 fully saturated rings. The zero-order chi connectivity index (χ0) is 12.8. The topological polar surface area (TPSA) is 69.8 Å². The van der Waals surface area contributed by atoms with E-state index >= 15 is 0 Å². The van der Waals surface area contributed by atoms with Crippen LogP contribution in [-0.4, -0.2) is 28.7 Å². The molecule has 3 N–H and O–H groups in total. The van der Waals surface area contributed by atoms with Gasteiger partial charge in [0, 0.05) is 11.8 Å². The predicted octanol–water partition coefficient (Wildman–Crippen LogP) is 1.51. The van der Waals surface area contributed by atoms with Crippen molar-refractivity contribution in [2.24, 2.45) is 0 Å². The number of rotatable bonds is 3. The van der Waals surface area contributed by atoms with Gasteiger partial charge in [0.1, 0.15) is 0 Å². The smallest absolute Gasteiger partial charge is 0.237 e. The summed E-state index contributed by atoms with van der Waals surface area (Å²) in [6, 6.07) is -0.0388. The number of aromatic nitrogens is 2. The lowest BCUT2D eigenvalue weighted by atomic mass is 10.0. The Morgan fingerprint density at radius 3 is 3.06 bits per heavy atom. The molecule has 2 rings (SSSR count). The SMILES string of the molecule is CC(NC(=O)C1CCCCCCN1)c1cn[nH]c1. The number of hydrogen-bond acceptors (Lipinski definition) is 3. The molecule has 1 aliphatic heterocycles. The third kappa shape index (κ3) is 3.57. The van der Waals surface area contributed by atoms with Crippen LogP contribution in [0.2, 0.25) is 0 Å². The molecule has 0 bridgehead atoms. The fraction of sp³-hybridized carbons (Fsp3) is 0.692. The van der Waals surface area contributed by atoms with Gasteiger partial charge in [-0.1, -0.05) is 19.3 Å². The highest BCUT2D eigenvalue weighted by atomic mass is 16.2. The molecule has 1 aromatic heterocycles. The Bertz CT molecular complexity index is 355. The molecule has 0 spiro atoms. The van der Waals surface area contributed by atoms with Crippen LogP contribution >= 0.6 is 0 Å². The number of carbonyl (C=O) groups excluding carboxylic acids is 1. The molecule has 2 heterocycles. The number of amides is 1. The van der Waals surface area contributed by atoms with Gasteiger partial charge in [-0.3, -0.25) is 9.89 Å². The van der Waals surface area contributed by atoms with Crippen LogP contribution < -0.4 is 10.6 Å². The molecule has 1 amide bonds. The van der Waals surface area contributed by atoms with Gasteiger partial charge >= 0.3 is 0 Å².